The summed E-state index contributed by atoms with van der Waals surface area (Å²) in [6.07, 6.45) is 0. The number of nitriles is 1. The average molecular weight is 361 g/mol. The van der Waals surface area contributed by atoms with Crippen LogP contribution in [0.5, 0.6) is 5.75 Å². The third kappa shape index (κ3) is 3.15. The summed E-state index contributed by atoms with van der Waals surface area (Å²) in [6, 6.07) is 15.9. The van der Waals surface area contributed by atoms with Gasteiger partial charge in [-0.25, -0.2) is 0 Å². The van der Waals surface area contributed by atoms with Gasteiger partial charge in [-0.1, -0.05) is 30.3 Å². The fourth-order valence-corrected chi connectivity index (χ4v) is 3.15. The highest BCUT2D eigenvalue weighted by molar-refractivity contribution is 6.38. The number of ether oxygens (including phenoxy) is 1. The molecule has 3 rings (SSSR count). The van der Waals surface area contributed by atoms with E-state index in [1.54, 1.807) is 41.3 Å². The molecule has 2 amide bonds. The number of benzene rings is 2. The number of rotatable bonds is 4. The van der Waals surface area contributed by atoms with Crippen LogP contribution >= 0.6 is 0 Å². The Morgan fingerprint density at radius 3 is 2.48 bits per heavy atom. The van der Waals surface area contributed by atoms with Crippen molar-refractivity contribution in [2.75, 3.05) is 17.3 Å². The van der Waals surface area contributed by atoms with Gasteiger partial charge in [-0.15, -0.1) is 0 Å². The molecule has 1 aliphatic rings. The van der Waals surface area contributed by atoms with Gasteiger partial charge in [0.25, 0.3) is 11.8 Å². The summed E-state index contributed by atoms with van der Waals surface area (Å²) in [6.45, 7) is 3.77. The number of hydrogen-bond acceptors (Lipinski definition) is 4. The van der Waals surface area contributed by atoms with Gasteiger partial charge in [-0.3, -0.25) is 9.59 Å². The van der Waals surface area contributed by atoms with Crippen LogP contribution in [-0.2, 0) is 9.59 Å². The molecule has 0 radical (unpaired) electrons. The van der Waals surface area contributed by atoms with Crippen LogP contribution in [0.15, 0.2) is 54.1 Å². The Bertz CT molecular complexity index is 986. The number of amides is 2. The van der Waals surface area contributed by atoms with Crippen molar-refractivity contribution in [3.05, 3.63) is 59.7 Å². The van der Waals surface area contributed by atoms with E-state index in [4.69, 9.17) is 4.74 Å². The second-order valence-corrected chi connectivity index (χ2v) is 6.30. The first-order valence-corrected chi connectivity index (χ1v) is 8.51. The minimum absolute atomic E-state index is 0.103. The quantitative estimate of drug-likeness (QED) is 0.669. The van der Waals surface area contributed by atoms with Crippen molar-refractivity contribution in [3.8, 4) is 11.8 Å². The topological polar surface area (TPSA) is 82.4 Å². The number of para-hydroxylation sites is 3. The van der Waals surface area contributed by atoms with Crippen LogP contribution in [0, 0.1) is 11.3 Å². The molecule has 0 atom stereocenters. The van der Waals surface area contributed by atoms with E-state index >= 15 is 0 Å². The van der Waals surface area contributed by atoms with Crippen LogP contribution in [0.4, 0.5) is 11.4 Å². The van der Waals surface area contributed by atoms with Gasteiger partial charge in [0.15, 0.2) is 0 Å². The van der Waals surface area contributed by atoms with Gasteiger partial charge in [-0.2, -0.15) is 5.26 Å². The number of hydrogen-bond donors (Lipinski definition) is 1. The van der Waals surface area contributed by atoms with Gasteiger partial charge in [0, 0.05) is 11.6 Å². The summed E-state index contributed by atoms with van der Waals surface area (Å²) in [5.74, 6) is -0.529. The zero-order valence-electron chi connectivity index (χ0n) is 15.3. The Morgan fingerprint density at radius 1 is 1.15 bits per heavy atom. The first-order valence-electron chi connectivity index (χ1n) is 8.51. The maximum atomic E-state index is 13.0. The molecule has 0 aliphatic carbocycles. The summed E-state index contributed by atoms with van der Waals surface area (Å²) in [5, 5.41) is 12.3. The molecule has 6 heteroatoms. The lowest BCUT2D eigenvalue weighted by molar-refractivity contribution is -0.115. The Hall–Kier alpha value is -3.59. The van der Waals surface area contributed by atoms with Crippen LogP contribution in [0.3, 0.4) is 0 Å². The van der Waals surface area contributed by atoms with E-state index in [9.17, 15) is 14.9 Å². The summed E-state index contributed by atoms with van der Waals surface area (Å²) >= 11 is 0. The van der Waals surface area contributed by atoms with Crippen LogP contribution in [0.1, 0.15) is 19.4 Å². The number of anilines is 2. The van der Waals surface area contributed by atoms with Gasteiger partial charge in [0.05, 0.1) is 24.1 Å². The molecule has 0 aromatic heterocycles. The molecule has 0 spiro atoms. The molecule has 0 unspecified atom stereocenters. The van der Waals surface area contributed by atoms with Crippen LogP contribution in [0.2, 0.25) is 0 Å². The summed E-state index contributed by atoms with van der Waals surface area (Å²) < 4.78 is 5.22. The highest BCUT2D eigenvalue weighted by atomic mass is 16.5. The molecular weight excluding hydrogens is 342 g/mol. The third-order valence-corrected chi connectivity index (χ3v) is 4.33. The zero-order valence-corrected chi connectivity index (χ0v) is 15.3. The second kappa shape index (κ2) is 7.34. The maximum absolute atomic E-state index is 13.0. The predicted octanol–water partition coefficient (Wildman–Crippen LogP) is 3.37. The minimum Gasteiger partial charge on any atom is -0.495 e. The van der Waals surface area contributed by atoms with Gasteiger partial charge >= 0.3 is 0 Å². The molecule has 136 valence electrons. The molecule has 2 aromatic rings. The molecule has 1 heterocycles. The molecule has 27 heavy (non-hydrogen) atoms. The van der Waals surface area contributed by atoms with E-state index in [0.29, 0.717) is 22.7 Å². The summed E-state index contributed by atoms with van der Waals surface area (Å²) in [4.78, 5) is 27.4. The summed E-state index contributed by atoms with van der Waals surface area (Å²) in [7, 11) is 1.49. The smallest absolute Gasteiger partial charge is 0.267 e. The number of carbonyl (C=O) groups is 2. The van der Waals surface area contributed by atoms with Gasteiger partial charge in [0.2, 0.25) is 0 Å². The van der Waals surface area contributed by atoms with E-state index in [2.05, 4.69) is 5.32 Å². The molecule has 6 nitrogen and oxygen atoms in total. The monoisotopic (exact) mass is 361 g/mol. The molecule has 2 aromatic carbocycles. The van der Waals surface area contributed by atoms with Crippen molar-refractivity contribution >= 4 is 28.8 Å². The average Bonchev–Trinajstić information content (AvgIpc) is 2.95. The van der Waals surface area contributed by atoms with Gasteiger partial charge in [0.1, 0.15) is 17.4 Å². The van der Waals surface area contributed by atoms with Crippen LogP contribution in [-0.4, -0.2) is 25.0 Å². The Morgan fingerprint density at radius 2 is 1.81 bits per heavy atom. The number of nitrogens with one attached hydrogen (secondary N) is 1. The van der Waals surface area contributed by atoms with E-state index in [0.717, 1.165) is 0 Å². The Labute approximate surface area is 157 Å². The molecule has 0 saturated heterocycles. The molecule has 1 aliphatic heterocycles. The molecule has 0 saturated carbocycles. The van der Waals surface area contributed by atoms with E-state index < -0.39 is 5.91 Å². The standard InChI is InChI=1S/C21H19N3O3/c1-13(2)24-17-10-6-4-8-14(17)19(21(24)26)15(12-22)20(25)23-16-9-5-7-11-18(16)27-3/h4-11,13H,1-3H3,(H,23,25)/b19-15+. The van der Waals surface area contributed by atoms with E-state index in [1.165, 1.54) is 7.11 Å². The zero-order chi connectivity index (χ0) is 19.6. The maximum Gasteiger partial charge on any atom is 0.267 e. The lowest BCUT2D eigenvalue weighted by atomic mass is 10.0. The number of methoxy groups -OCH3 is 1. The van der Waals surface area contributed by atoms with E-state index in [1.807, 2.05) is 32.0 Å². The predicted molar refractivity (Wildman–Crippen MR) is 103 cm³/mol. The van der Waals surface area contributed by atoms with Gasteiger partial charge < -0.3 is 15.0 Å². The minimum atomic E-state index is -0.647. The fraction of sp³-hybridized carbons (Fsp3) is 0.190. The van der Waals surface area contributed by atoms with Crippen molar-refractivity contribution in [1.82, 2.24) is 0 Å². The Kier molecular flexibility index (Phi) is 4.95. The molecule has 0 bridgehead atoms. The highest BCUT2D eigenvalue weighted by Gasteiger charge is 2.37. The van der Waals surface area contributed by atoms with Gasteiger partial charge in [-0.05, 0) is 32.0 Å². The highest BCUT2D eigenvalue weighted by Crippen LogP contribution is 2.39. The Balaban J connectivity index is 2.08. The molecule has 0 fully saturated rings. The normalized spacial score (nSPS) is 14.6. The lowest BCUT2D eigenvalue weighted by Gasteiger charge is -2.21. The first-order chi connectivity index (χ1) is 13.0. The van der Waals surface area contributed by atoms with E-state index in [-0.39, 0.29) is 23.1 Å². The fourth-order valence-electron chi connectivity index (χ4n) is 3.15. The first kappa shape index (κ1) is 18.2. The van der Waals surface area contributed by atoms with Crippen molar-refractivity contribution < 1.29 is 14.3 Å². The van der Waals surface area contributed by atoms with Crippen LogP contribution in [0.25, 0.3) is 5.57 Å². The van der Waals surface area contributed by atoms with Crippen molar-refractivity contribution in [2.45, 2.75) is 19.9 Å². The van der Waals surface area contributed by atoms with Crippen LogP contribution < -0.4 is 15.0 Å². The third-order valence-electron chi connectivity index (χ3n) is 4.33. The molecular formula is C21H19N3O3. The largest absolute Gasteiger partial charge is 0.495 e. The lowest BCUT2D eigenvalue weighted by Crippen LogP contribution is -2.33. The number of carbonyl (C=O) groups excluding carboxylic acids is 2. The van der Waals surface area contributed by atoms with Crippen molar-refractivity contribution in [3.63, 3.8) is 0 Å². The van der Waals surface area contributed by atoms with Crippen molar-refractivity contribution in [2.24, 2.45) is 0 Å². The molecule has 1 N–H and O–H groups in total. The SMILES string of the molecule is COc1ccccc1NC(=O)/C(C#N)=C1/C(=O)N(C(C)C)c2ccccc21. The van der Waals surface area contributed by atoms with Crippen molar-refractivity contribution in [1.29, 1.82) is 5.26 Å². The number of nitrogens with zero attached hydrogens (tertiary/aromatic N) is 2. The number of fused-ring (bicyclic) bond motifs is 1. The summed E-state index contributed by atoms with van der Waals surface area (Å²) in [5.41, 5.74) is 1.61. The second-order valence-electron chi connectivity index (χ2n) is 6.30.